The molecule has 1 aromatic heterocycles. The molecule has 1 aliphatic heterocycles. The number of nitrogens with zero attached hydrogens (tertiary/aromatic N) is 2. The van der Waals surface area contributed by atoms with Gasteiger partial charge in [0, 0.05) is 17.9 Å². The molecule has 0 amide bonds. The molecule has 2 aromatic rings. The van der Waals surface area contributed by atoms with Crippen LogP contribution < -0.4 is 20.7 Å². The first-order valence-electron chi connectivity index (χ1n) is 10.6. The summed E-state index contributed by atoms with van der Waals surface area (Å²) in [5, 5.41) is 31.3. The molecule has 0 radical (unpaired) electrons. The Kier molecular flexibility index (Phi) is 6.87. The fourth-order valence-electron chi connectivity index (χ4n) is 4.04. The van der Waals surface area contributed by atoms with Crippen LogP contribution in [0.25, 0.3) is 0 Å². The van der Waals surface area contributed by atoms with E-state index in [0.29, 0.717) is 5.75 Å². The summed E-state index contributed by atoms with van der Waals surface area (Å²) in [5.41, 5.74) is -3.76. The van der Waals surface area contributed by atoms with Crippen LogP contribution in [0.5, 0.6) is 11.5 Å². The highest BCUT2D eigenvalue weighted by atomic mass is 16.6. The van der Waals surface area contributed by atoms with Gasteiger partial charge in [0.1, 0.15) is 23.7 Å². The van der Waals surface area contributed by atoms with Crippen molar-refractivity contribution >= 4 is 5.69 Å². The zero-order valence-electron chi connectivity index (χ0n) is 19.6. The van der Waals surface area contributed by atoms with Crippen molar-refractivity contribution in [3.05, 3.63) is 60.9 Å². The molecule has 3 rings (SSSR count). The van der Waals surface area contributed by atoms with Gasteiger partial charge in [-0.05, 0) is 19.1 Å². The van der Waals surface area contributed by atoms with E-state index >= 15 is 0 Å². The molecule has 0 bridgehead atoms. The van der Waals surface area contributed by atoms with Crippen molar-refractivity contribution in [2.24, 2.45) is 5.41 Å². The molecule has 0 aliphatic carbocycles. The average molecular weight is 479 g/mol. The predicted octanol–water partition coefficient (Wildman–Crippen LogP) is 1.43. The number of hydrogen-bond donors (Lipinski definition) is 3. The molecule has 0 unspecified atom stereocenters. The largest absolute Gasteiger partial charge is 0.497 e. The van der Waals surface area contributed by atoms with Crippen LogP contribution in [0.15, 0.2) is 34.0 Å². The summed E-state index contributed by atoms with van der Waals surface area (Å²) in [4.78, 5) is 38.6. The van der Waals surface area contributed by atoms with Gasteiger partial charge >= 0.3 is 5.69 Å². The Morgan fingerprint density at radius 2 is 2.06 bits per heavy atom. The van der Waals surface area contributed by atoms with Gasteiger partial charge in [0.15, 0.2) is 0 Å². The number of hydrogen-bond acceptors (Lipinski definition) is 9. The normalized spacial score (nSPS) is 23.5. The van der Waals surface area contributed by atoms with Crippen molar-refractivity contribution in [1.29, 1.82) is 0 Å². The maximum atomic E-state index is 12.6. The van der Waals surface area contributed by atoms with Gasteiger partial charge in [0.05, 0.1) is 36.5 Å². The molecule has 2 heterocycles. The highest BCUT2D eigenvalue weighted by Crippen LogP contribution is 2.42. The quantitative estimate of drug-likeness (QED) is 0.393. The Balaban J connectivity index is 2.12. The summed E-state index contributed by atoms with van der Waals surface area (Å²) in [7, 11) is 1.43. The standard InChI is InChI=1S/C22H29N3O9/c1-21(2,3)18(13-8-12(32-5)6-7-14(13)25(30)31)33-16-10-24(20(29)23-19(16)28)22(4)9-15(27)17(11-26)34-22/h6-8,10,15,17-18,26-27H,9,11H2,1-5H3,(H,23,28,29)/t15-,17+,18+,22+/m0/s1. The van der Waals surface area contributed by atoms with E-state index in [0.717, 1.165) is 10.8 Å². The summed E-state index contributed by atoms with van der Waals surface area (Å²) in [5.74, 6) is 0.0941. The third kappa shape index (κ3) is 4.83. The van der Waals surface area contributed by atoms with Crippen molar-refractivity contribution < 1.29 is 29.3 Å². The van der Waals surface area contributed by atoms with E-state index in [2.05, 4.69) is 4.98 Å². The third-order valence-electron chi connectivity index (χ3n) is 5.77. The number of nitrogens with one attached hydrogen (secondary N) is 1. The van der Waals surface area contributed by atoms with Crippen LogP contribution in [0.4, 0.5) is 5.69 Å². The molecule has 0 saturated carbocycles. The monoisotopic (exact) mass is 479 g/mol. The summed E-state index contributed by atoms with van der Waals surface area (Å²) in [6.45, 7) is 6.44. The number of methoxy groups -OCH3 is 1. The molecular weight excluding hydrogens is 450 g/mol. The highest BCUT2D eigenvalue weighted by Gasteiger charge is 2.45. The van der Waals surface area contributed by atoms with E-state index in [4.69, 9.17) is 14.2 Å². The van der Waals surface area contributed by atoms with E-state index in [1.54, 1.807) is 20.8 Å². The second-order valence-electron chi connectivity index (χ2n) is 9.45. The molecule has 1 aliphatic rings. The molecule has 3 N–H and O–H groups in total. The minimum absolute atomic E-state index is 0.0202. The number of rotatable bonds is 7. The van der Waals surface area contributed by atoms with E-state index in [1.807, 2.05) is 0 Å². The third-order valence-corrected chi connectivity index (χ3v) is 5.77. The van der Waals surface area contributed by atoms with Crippen LogP contribution in [0.3, 0.4) is 0 Å². The van der Waals surface area contributed by atoms with Gasteiger partial charge < -0.3 is 24.4 Å². The zero-order valence-corrected chi connectivity index (χ0v) is 19.6. The van der Waals surface area contributed by atoms with E-state index in [1.165, 1.54) is 32.2 Å². The molecule has 1 fully saturated rings. The van der Waals surface area contributed by atoms with Crippen molar-refractivity contribution in [3.63, 3.8) is 0 Å². The van der Waals surface area contributed by atoms with Crippen molar-refractivity contribution in [1.82, 2.24) is 9.55 Å². The van der Waals surface area contributed by atoms with Gasteiger partial charge in [-0.1, -0.05) is 20.8 Å². The van der Waals surface area contributed by atoms with E-state index in [9.17, 15) is 29.9 Å². The molecule has 12 nitrogen and oxygen atoms in total. The Morgan fingerprint density at radius 3 is 2.59 bits per heavy atom. The summed E-state index contributed by atoms with van der Waals surface area (Å²) < 4.78 is 18.0. The smallest absolute Gasteiger partial charge is 0.330 e. The Morgan fingerprint density at radius 1 is 1.38 bits per heavy atom. The van der Waals surface area contributed by atoms with Crippen LogP contribution in [0.1, 0.15) is 45.8 Å². The first-order chi connectivity index (χ1) is 15.8. The number of ether oxygens (including phenoxy) is 3. The first kappa shape index (κ1) is 25.4. The Hall–Kier alpha value is -3.22. The molecular formula is C22H29N3O9. The Bertz CT molecular complexity index is 1180. The van der Waals surface area contributed by atoms with Gasteiger partial charge in [-0.15, -0.1) is 0 Å². The van der Waals surface area contributed by atoms with Gasteiger partial charge in [-0.3, -0.25) is 24.5 Å². The zero-order chi connectivity index (χ0) is 25.4. The molecule has 1 saturated heterocycles. The molecule has 12 heteroatoms. The number of aliphatic hydroxyl groups excluding tert-OH is 2. The van der Waals surface area contributed by atoms with Gasteiger partial charge in [-0.2, -0.15) is 0 Å². The SMILES string of the molecule is COc1ccc([N+](=O)[O-])c([C@@H](Oc2cn([C@@]3(C)C[C@H](O)[C@@H](CO)O3)c(=O)[nH]c2=O)C(C)(C)C)c1. The maximum absolute atomic E-state index is 12.6. The average Bonchev–Trinajstić information content (AvgIpc) is 3.05. The molecule has 1 aromatic carbocycles. The lowest BCUT2D eigenvalue weighted by Crippen LogP contribution is -2.43. The fourth-order valence-corrected chi connectivity index (χ4v) is 4.04. The molecule has 186 valence electrons. The van der Waals surface area contributed by atoms with Crippen molar-refractivity contribution in [2.45, 2.75) is 58.2 Å². The van der Waals surface area contributed by atoms with Crippen molar-refractivity contribution in [3.8, 4) is 11.5 Å². The van der Waals surface area contributed by atoms with Gasteiger partial charge in [0.25, 0.3) is 11.2 Å². The number of aliphatic hydroxyl groups is 2. The molecule has 0 spiro atoms. The second kappa shape index (κ2) is 9.20. The number of aromatic nitrogens is 2. The van der Waals surface area contributed by atoms with Gasteiger partial charge in [-0.25, -0.2) is 4.79 Å². The number of benzene rings is 1. The van der Waals surface area contributed by atoms with Crippen LogP contribution >= 0.6 is 0 Å². The maximum Gasteiger partial charge on any atom is 0.330 e. The van der Waals surface area contributed by atoms with Gasteiger partial charge in [0.2, 0.25) is 5.75 Å². The fraction of sp³-hybridized carbons (Fsp3) is 0.545. The van der Waals surface area contributed by atoms with Crippen LogP contribution in [0.2, 0.25) is 0 Å². The first-order valence-corrected chi connectivity index (χ1v) is 10.6. The number of H-pyrrole nitrogens is 1. The summed E-state index contributed by atoms with van der Waals surface area (Å²) >= 11 is 0. The lowest BCUT2D eigenvalue weighted by atomic mass is 9.83. The van der Waals surface area contributed by atoms with Crippen LogP contribution in [0, 0.1) is 15.5 Å². The number of nitro groups is 1. The highest BCUT2D eigenvalue weighted by molar-refractivity contribution is 5.47. The lowest BCUT2D eigenvalue weighted by Gasteiger charge is -2.32. The predicted molar refractivity (Wildman–Crippen MR) is 120 cm³/mol. The summed E-state index contributed by atoms with van der Waals surface area (Å²) in [6, 6.07) is 4.22. The van der Waals surface area contributed by atoms with E-state index < -0.39 is 52.2 Å². The molecule has 34 heavy (non-hydrogen) atoms. The topological polar surface area (TPSA) is 166 Å². The van der Waals surface area contributed by atoms with Crippen LogP contribution in [-0.2, 0) is 10.5 Å². The minimum atomic E-state index is -1.37. The number of nitro benzene ring substituents is 1. The number of aromatic amines is 1. The lowest BCUT2D eigenvalue weighted by molar-refractivity contribution is -0.386. The summed E-state index contributed by atoms with van der Waals surface area (Å²) in [6.07, 6.45) is -1.79. The van der Waals surface area contributed by atoms with Crippen molar-refractivity contribution in [2.75, 3.05) is 13.7 Å². The Labute approximate surface area is 194 Å². The molecule has 4 atom stereocenters. The van der Waals surface area contributed by atoms with E-state index in [-0.39, 0.29) is 23.4 Å². The second-order valence-corrected chi connectivity index (χ2v) is 9.45. The van der Waals surface area contributed by atoms with Crippen LogP contribution in [-0.4, -0.2) is 50.6 Å². The minimum Gasteiger partial charge on any atom is -0.497 e.